The van der Waals surface area contributed by atoms with Crippen molar-refractivity contribution < 1.29 is 4.79 Å². The standard InChI is InChI=1S/C32H43N3O/c1-30(2,22-7-10-24(11-8-22)35(5)6)34-29(36)28-14-13-26-25-12-9-23-19-21(20-33)15-17-31(23,3)27(25)16-18-32(26,28)4/h7-11,19,25-28H,12-18H2,1-6H3,(H,34,36)/t25-,26-,27-,28+,31-,32-/m0/s1. The Hall–Kier alpha value is -2.54. The molecule has 2 saturated carbocycles. The molecule has 1 N–H and O–H groups in total. The number of fused-ring (bicyclic) bond motifs is 5. The predicted molar refractivity (Wildman–Crippen MR) is 146 cm³/mol. The van der Waals surface area contributed by atoms with Gasteiger partial charge in [-0.25, -0.2) is 0 Å². The number of anilines is 1. The topological polar surface area (TPSA) is 56.1 Å². The summed E-state index contributed by atoms with van der Waals surface area (Å²) < 4.78 is 0. The van der Waals surface area contributed by atoms with Crippen molar-refractivity contribution in [3.63, 3.8) is 0 Å². The van der Waals surface area contributed by atoms with Gasteiger partial charge in [-0.15, -0.1) is 0 Å². The zero-order valence-corrected chi connectivity index (χ0v) is 23.0. The van der Waals surface area contributed by atoms with E-state index >= 15 is 0 Å². The van der Waals surface area contributed by atoms with E-state index in [9.17, 15) is 10.1 Å². The van der Waals surface area contributed by atoms with E-state index in [0.717, 1.165) is 49.7 Å². The Labute approximate surface area is 217 Å². The molecule has 1 amide bonds. The summed E-state index contributed by atoms with van der Waals surface area (Å²) in [6.07, 6.45) is 12.2. The number of carbonyl (C=O) groups excluding carboxylic acids is 1. The number of nitrogens with one attached hydrogen (secondary N) is 1. The number of amides is 1. The largest absolute Gasteiger partial charge is 0.378 e. The lowest BCUT2D eigenvalue weighted by Crippen LogP contribution is -2.52. The summed E-state index contributed by atoms with van der Waals surface area (Å²) in [5.41, 5.74) is 4.51. The fraction of sp³-hybridized carbons (Fsp3) is 0.625. The van der Waals surface area contributed by atoms with Gasteiger partial charge >= 0.3 is 0 Å². The second-order valence-corrected chi connectivity index (χ2v) is 13.2. The van der Waals surface area contributed by atoms with Crippen LogP contribution in [0.2, 0.25) is 0 Å². The second-order valence-electron chi connectivity index (χ2n) is 13.2. The Kier molecular flexibility index (Phi) is 6.13. The van der Waals surface area contributed by atoms with Gasteiger partial charge in [-0.3, -0.25) is 4.79 Å². The van der Waals surface area contributed by atoms with Crippen molar-refractivity contribution in [2.45, 2.75) is 78.2 Å². The molecule has 192 valence electrons. The molecule has 0 aliphatic heterocycles. The second kappa shape index (κ2) is 8.79. The van der Waals surface area contributed by atoms with Crippen LogP contribution in [-0.4, -0.2) is 20.0 Å². The van der Waals surface area contributed by atoms with Crippen LogP contribution in [0.3, 0.4) is 0 Å². The Morgan fingerprint density at radius 1 is 1.08 bits per heavy atom. The third-order valence-corrected chi connectivity index (χ3v) is 10.8. The quantitative estimate of drug-likeness (QED) is 0.514. The van der Waals surface area contributed by atoms with Gasteiger partial charge in [0.15, 0.2) is 0 Å². The number of carbonyl (C=O) groups is 1. The highest BCUT2D eigenvalue weighted by molar-refractivity contribution is 5.81. The summed E-state index contributed by atoms with van der Waals surface area (Å²) in [4.78, 5) is 15.9. The van der Waals surface area contributed by atoms with Gasteiger partial charge < -0.3 is 10.2 Å². The molecule has 0 unspecified atom stereocenters. The fourth-order valence-electron chi connectivity index (χ4n) is 8.49. The molecule has 6 atom stereocenters. The van der Waals surface area contributed by atoms with E-state index < -0.39 is 5.54 Å². The lowest BCUT2D eigenvalue weighted by Gasteiger charge is -2.57. The lowest BCUT2D eigenvalue weighted by atomic mass is 9.48. The Morgan fingerprint density at radius 2 is 1.81 bits per heavy atom. The SMILES string of the molecule is CN(C)c1ccc(C(C)(C)NC(=O)[C@H]2CC[C@H]3[C@@H]4CC=C5C=C(C#N)CC[C@]5(C)[C@H]4CC[C@]23C)cc1. The fourth-order valence-corrected chi connectivity index (χ4v) is 8.49. The predicted octanol–water partition coefficient (Wildman–Crippen LogP) is 6.74. The molecular weight excluding hydrogens is 442 g/mol. The van der Waals surface area contributed by atoms with Gasteiger partial charge in [0.1, 0.15) is 0 Å². The van der Waals surface area contributed by atoms with Crippen molar-refractivity contribution >= 4 is 11.6 Å². The highest BCUT2D eigenvalue weighted by Crippen LogP contribution is 2.66. The molecule has 4 aliphatic carbocycles. The molecule has 0 spiro atoms. The van der Waals surface area contributed by atoms with Crippen LogP contribution in [0.15, 0.2) is 47.6 Å². The van der Waals surface area contributed by atoms with Crippen LogP contribution in [0.4, 0.5) is 5.69 Å². The molecular formula is C32H43N3O. The molecule has 4 aliphatic rings. The Morgan fingerprint density at radius 3 is 2.47 bits per heavy atom. The van der Waals surface area contributed by atoms with Crippen molar-refractivity contribution in [3.8, 4) is 6.07 Å². The van der Waals surface area contributed by atoms with Crippen molar-refractivity contribution in [3.05, 3.63) is 53.1 Å². The molecule has 0 heterocycles. The summed E-state index contributed by atoms with van der Waals surface area (Å²) in [7, 11) is 4.09. The molecule has 0 saturated heterocycles. The minimum Gasteiger partial charge on any atom is -0.378 e. The molecule has 0 bridgehead atoms. The van der Waals surface area contributed by atoms with Crippen molar-refractivity contribution in [2.75, 3.05) is 19.0 Å². The van der Waals surface area contributed by atoms with Gasteiger partial charge in [0.05, 0.1) is 11.6 Å². The van der Waals surface area contributed by atoms with Crippen LogP contribution in [0.5, 0.6) is 0 Å². The maximum Gasteiger partial charge on any atom is 0.224 e. The van der Waals surface area contributed by atoms with Gasteiger partial charge in [0.2, 0.25) is 5.91 Å². The lowest BCUT2D eigenvalue weighted by molar-refractivity contribution is -0.133. The van der Waals surface area contributed by atoms with E-state index in [1.165, 1.54) is 17.7 Å². The first-order valence-corrected chi connectivity index (χ1v) is 13.9. The summed E-state index contributed by atoms with van der Waals surface area (Å²) >= 11 is 0. The van der Waals surface area contributed by atoms with E-state index in [0.29, 0.717) is 17.8 Å². The van der Waals surface area contributed by atoms with E-state index in [2.05, 4.69) is 80.4 Å². The van der Waals surface area contributed by atoms with Crippen LogP contribution in [0.1, 0.15) is 78.2 Å². The minimum absolute atomic E-state index is 0.0696. The third kappa shape index (κ3) is 3.90. The number of rotatable bonds is 4. The average molecular weight is 486 g/mol. The number of hydrogen-bond donors (Lipinski definition) is 1. The van der Waals surface area contributed by atoms with Crippen LogP contribution in [0.25, 0.3) is 0 Å². The van der Waals surface area contributed by atoms with Crippen LogP contribution >= 0.6 is 0 Å². The number of benzene rings is 1. The first kappa shape index (κ1) is 25.1. The van der Waals surface area contributed by atoms with Crippen molar-refractivity contribution in [1.29, 1.82) is 5.26 Å². The highest BCUT2D eigenvalue weighted by Gasteiger charge is 2.59. The smallest absolute Gasteiger partial charge is 0.224 e. The highest BCUT2D eigenvalue weighted by atomic mass is 16.2. The molecule has 36 heavy (non-hydrogen) atoms. The van der Waals surface area contributed by atoms with Crippen molar-refractivity contribution in [1.82, 2.24) is 5.32 Å². The molecule has 4 heteroatoms. The number of allylic oxidation sites excluding steroid dienone is 4. The molecule has 4 nitrogen and oxygen atoms in total. The maximum atomic E-state index is 13.8. The average Bonchev–Trinajstić information content (AvgIpc) is 3.20. The van der Waals surface area contributed by atoms with Gasteiger partial charge in [-0.1, -0.05) is 32.1 Å². The maximum absolute atomic E-state index is 13.8. The summed E-state index contributed by atoms with van der Waals surface area (Å²) in [5, 5.41) is 12.9. The number of hydrogen-bond acceptors (Lipinski definition) is 3. The zero-order chi connectivity index (χ0) is 25.9. The summed E-state index contributed by atoms with van der Waals surface area (Å²) in [6, 6.07) is 10.9. The Balaban J connectivity index is 1.34. The van der Waals surface area contributed by atoms with E-state index in [4.69, 9.17) is 0 Å². The van der Waals surface area contributed by atoms with Gasteiger partial charge in [-0.05, 0) is 117 Å². The number of nitrogens with zero attached hydrogens (tertiary/aromatic N) is 2. The van der Waals surface area contributed by atoms with E-state index in [1.54, 1.807) is 0 Å². The minimum atomic E-state index is -0.406. The van der Waals surface area contributed by atoms with Crippen LogP contribution < -0.4 is 10.2 Å². The van der Waals surface area contributed by atoms with Crippen molar-refractivity contribution in [2.24, 2.45) is 34.5 Å². The normalized spacial score (nSPS) is 35.4. The summed E-state index contributed by atoms with van der Waals surface area (Å²) in [5.74, 6) is 2.24. The third-order valence-electron chi connectivity index (χ3n) is 10.8. The van der Waals surface area contributed by atoms with Crippen LogP contribution in [0, 0.1) is 45.8 Å². The first-order chi connectivity index (χ1) is 17.0. The van der Waals surface area contributed by atoms with Crippen LogP contribution in [-0.2, 0) is 10.3 Å². The Bertz CT molecular complexity index is 1140. The molecule has 5 rings (SSSR count). The molecule has 0 aromatic heterocycles. The zero-order valence-electron chi connectivity index (χ0n) is 23.0. The summed E-state index contributed by atoms with van der Waals surface area (Å²) in [6.45, 7) is 9.12. The molecule has 0 radical (unpaired) electrons. The molecule has 2 fully saturated rings. The van der Waals surface area contributed by atoms with E-state index in [1.807, 2.05) is 14.1 Å². The van der Waals surface area contributed by atoms with E-state index in [-0.39, 0.29) is 22.7 Å². The van der Waals surface area contributed by atoms with Gasteiger partial charge in [0.25, 0.3) is 0 Å². The molecule has 1 aromatic rings. The van der Waals surface area contributed by atoms with Gasteiger partial charge in [-0.2, -0.15) is 5.26 Å². The number of nitriles is 1. The first-order valence-electron chi connectivity index (χ1n) is 13.9. The van der Waals surface area contributed by atoms with Gasteiger partial charge in [0, 0.05) is 31.3 Å². The monoisotopic (exact) mass is 485 g/mol. The molecule has 1 aromatic carbocycles.